The van der Waals surface area contributed by atoms with Gasteiger partial charge in [-0.1, -0.05) is 18.2 Å². The predicted molar refractivity (Wildman–Crippen MR) is 78.5 cm³/mol. The van der Waals surface area contributed by atoms with Crippen LogP contribution in [0.1, 0.15) is 24.0 Å². The second-order valence-electron chi connectivity index (χ2n) is 4.79. The van der Waals surface area contributed by atoms with E-state index in [1.807, 2.05) is 0 Å². The van der Waals surface area contributed by atoms with Crippen molar-refractivity contribution in [2.24, 2.45) is 0 Å². The molecule has 0 aromatic heterocycles. The number of anilines is 1. The Kier molecular flexibility index (Phi) is 5.20. The van der Waals surface area contributed by atoms with Crippen LogP contribution in [0.15, 0.2) is 18.2 Å². The third-order valence-electron chi connectivity index (χ3n) is 3.26. The Morgan fingerprint density at radius 1 is 1.44 bits per heavy atom. The molecule has 0 bridgehead atoms. The highest BCUT2D eigenvalue weighted by molar-refractivity contribution is 7.84. The molecule has 0 amide bonds. The fraction of sp³-hybridized carbons (Fsp3) is 0.571. The van der Waals surface area contributed by atoms with Crippen molar-refractivity contribution in [1.29, 1.82) is 0 Å². The summed E-state index contributed by atoms with van der Waals surface area (Å²) in [5.74, 6) is 0.790. The van der Waals surface area contributed by atoms with Crippen molar-refractivity contribution in [1.82, 2.24) is 5.32 Å². The third kappa shape index (κ3) is 3.82. The van der Waals surface area contributed by atoms with E-state index in [-0.39, 0.29) is 0 Å². The Balaban J connectivity index is 1.84. The average molecular weight is 266 g/mol. The molecule has 2 rings (SSSR count). The van der Waals surface area contributed by atoms with Gasteiger partial charge in [0.1, 0.15) is 0 Å². The van der Waals surface area contributed by atoms with Crippen LogP contribution < -0.4 is 10.6 Å². The van der Waals surface area contributed by atoms with E-state index >= 15 is 0 Å². The largest absolute Gasteiger partial charge is 0.385 e. The van der Waals surface area contributed by atoms with Gasteiger partial charge in [-0.05, 0) is 36.9 Å². The topological polar surface area (TPSA) is 41.1 Å². The van der Waals surface area contributed by atoms with Crippen LogP contribution in [-0.2, 0) is 23.8 Å². The first-order valence-corrected chi connectivity index (χ1v) is 8.35. The molecule has 18 heavy (non-hydrogen) atoms. The summed E-state index contributed by atoms with van der Waals surface area (Å²) in [4.78, 5) is 0. The fourth-order valence-electron chi connectivity index (χ4n) is 2.35. The van der Waals surface area contributed by atoms with Crippen molar-refractivity contribution in [2.45, 2.75) is 25.8 Å². The standard InChI is InChI=1S/C14H22N2OS/c1-18(17)10-4-8-15-11-13-6-2-5-12-7-3-9-16-14(12)13/h2,5-6,15-16H,3-4,7-11H2,1H3. The smallest absolute Gasteiger partial charge is 0.0418 e. The van der Waals surface area contributed by atoms with E-state index in [2.05, 4.69) is 28.8 Å². The van der Waals surface area contributed by atoms with E-state index in [4.69, 9.17) is 0 Å². The molecule has 4 heteroatoms. The molecule has 0 saturated carbocycles. The summed E-state index contributed by atoms with van der Waals surface area (Å²) in [5, 5.41) is 6.93. The molecular formula is C14H22N2OS. The van der Waals surface area contributed by atoms with Crippen molar-refractivity contribution >= 4 is 16.5 Å². The molecule has 1 atom stereocenters. The summed E-state index contributed by atoms with van der Waals surface area (Å²) in [6.07, 6.45) is 5.15. The number of aryl methyl sites for hydroxylation is 1. The van der Waals surface area contributed by atoms with Crippen LogP contribution in [0, 0.1) is 0 Å². The molecule has 1 aliphatic heterocycles. The van der Waals surface area contributed by atoms with Gasteiger partial charge in [-0.3, -0.25) is 4.21 Å². The first kappa shape index (κ1) is 13.6. The first-order valence-electron chi connectivity index (χ1n) is 6.63. The number of para-hydroxylation sites is 1. The van der Waals surface area contributed by atoms with Crippen LogP contribution in [0.25, 0.3) is 0 Å². The molecule has 1 heterocycles. The van der Waals surface area contributed by atoms with Crippen LogP contribution in [0.5, 0.6) is 0 Å². The van der Waals surface area contributed by atoms with Gasteiger partial charge in [0.15, 0.2) is 0 Å². The van der Waals surface area contributed by atoms with Gasteiger partial charge >= 0.3 is 0 Å². The maximum absolute atomic E-state index is 10.9. The molecule has 0 saturated heterocycles. The zero-order valence-corrected chi connectivity index (χ0v) is 11.8. The molecule has 0 fully saturated rings. The molecule has 1 unspecified atom stereocenters. The van der Waals surface area contributed by atoms with Crippen molar-refractivity contribution < 1.29 is 4.21 Å². The highest BCUT2D eigenvalue weighted by Crippen LogP contribution is 2.25. The zero-order chi connectivity index (χ0) is 12.8. The lowest BCUT2D eigenvalue weighted by atomic mass is 9.99. The van der Waals surface area contributed by atoms with Crippen LogP contribution >= 0.6 is 0 Å². The van der Waals surface area contributed by atoms with Gasteiger partial charge in [0.25, 0.3) is 0 Å². The van der Waals surface area contributed by atoms with Crippen LogP contribution in [0.2, 0.25) is 0 Å². The second kappa shape index (κ2) is 6.90. The Morgan fingerprint density at radius 3 is 3.17 bits per heavy atom. The lowest BCUT2D eigenvalue weighted by Crippen LogP contribution is -2.20. The van der Waals surface area contributed by atoms with Gasteiger partial charge in [0, 0.05) is 41.6 Å². The Labute approximate surface area is 112 Å². The minimum Gasteiger partial charge on any atom is -0.385 e. The molecule has 1 aromatic rings. The Hall–Kier alpha value is -0.870. The van der Waals surface area contributed by atoms with Gasteiger partial charge in [0.05, 0.1) is 0 Å². The minimum absolute atomic E-state index is 0.668. The van der Waals surface area contributed by atoms with Crippen molar-refractivity contribution in [3.8, 4) is 0 Å². The molecule has 2 N–H and O–H groups in total. The summed E-state index contributed by atoms with van der Waals surface area (Å²) < 4.78 is 10.9. The van der Waals surface area contributed by atoms with E-state index < -0.39 is 10.8 Å². The first-order chi connectivity index (χ1) is 8.77. The molecular weight excluding hydrogens is 244 g/mol. The van der Waals surface area contributed by atoms with E-state index in [1.165, 1.54) is 29.7 Å². The number of hydrogen-bond donors (Lipinski definition) is 2. The van der Waals surface area contributed by atoms with Gasteiger partial charge in [0.2, 0.25) is 0 Å². The lowest BCUT2D eigenvalue weighted by molar-refractivity contribution is 0.661. The molecule has 3 nitrogen and oxygen atoms in total. The molecule has 1 aliphatic rings. The van der Waals surface area contributed by atoms with Crippen LogP contribution in [0.4, 0.5) is 5.69 Å². The second-order valence-corrected chi connectivity index (χ2v) is 6.34. The SMILES string of the molecule is CS(=O)CCCNCc1cccc2c1NCCC2. The van der Waals surface area contributed by atoms with E-state index in [0.717, 1.165) is 31.8 Å². The zero-order valence-electron chi connectivity index (χ0n) is 11.0. The number of hydrogen-bond acceptors (Lipinski definition) is 3. The Morgan fingerprint density at radius 2 is 2.33 bits per heavy atom. The van der Waals surface area contributed by atoms with Crippen LogP contribution in [0.3, 0.4) is 0 Å². The van der Waals surface area contributed by atoms with Crippen molar-refractivity contribution in [3.63, 3.8) is 0 Å². The predicted octanol–water partition coefficient (Wildman–Crippen LogP) is 1.90. The summed E-state index contributed by atoms with van der Waals surface area (Å²) in [6, 6.07) is 6.54. The summed E-state index contributed by atoms with van der Waals surface area (Å²) >= 11 is 0. The summed E-state index contributed by atoms with van der Waals surface area (Å²) in [5.41, 5.74) is 4.12. The van der Waals surface area contributed by atoms with Gasteiger partial charge in [-0.2, -0.15) is 0 Å². The summed E-state index contributed by atoms with van der Waals surface area (Å²) in [7, 11) is -0.668. The highest BCUT2D eigenvalue weighted by Gasteiger charge is 2.11. The van der Waals surface area contributed by atoms with Crippen molar-refractivity contribution in [2.75, 3.05) is 30.4 Å². The van der Waals surface area contributed by atoms with Crippen LogP contribution in [-0.4, -0.2) is 29.3 Å². The number of rotatable bonds is 6. The molecule has 1 aromatic carbocycles. The highest BCUT2D eigenvalue weighted by atomic mass is 32.2. The third-order valence-corrected chi connectivity index (χ3v) is 4.13. The molecule has 100 valence electrons. The van der Waals surface area contributed by atoms with E-state index in [9.17, 15) is 4.21 Å². The van der Waals surface area contributed by atoms with Crippen molar-refractivity contribution in [3.05, 3.63) is 29.3 Å². The maximum Gasteiger partial charge on any atom is 0.0418 e. The lowest BCUT2D eigenvalue weighted by Gasteiger charge is -2.21. The fourth-order valence-corrected chi connectivity index (χ4v) is 2.90. The number of benzene rings is 1. The Bertz CT molecular complexity index is 420. The van der Waals surface area contributed by atoms with Gasteiger partial charge < -0.3 is 10.6 Å². The normalized spacial score (nSPS) is 15.8. The van der Waals surface area contributed by atoms with E-state index in [1.54, 1.807) is 6.26 Å². The average Bonchev–Trinajstić information content (AvgIpc) is 2.38. The number of nitrogens with one attached hydrogen (secondary N) is 2. The monoisotopic (exact) mass is 266 g/mol. The quantitative estimate of drug-likeness (QED) is 0.773. The summed E-state index contributed by atoms with van der Waals surface area (Å²) in [6.45, 7) is 2.91. The molecule has 0 aliphatic carbocycles. The molecule has 0 spiro atoms. The van der Waals surface area contributed by atoms with Gasteiger partial charge in [-0.25, -0.2) is 0 Å². The minimum atomic E-state index is -0.668. The molecule has 0 radical (unpaired) electrons. The van der Waals surface area contributed by atoms with Gasteiger partial charge in [-0.15, -0.1) is 0 Å². The number of fused-ring (bicyclic) bond motifs is 1. The van der Waals surface area contributed by atoms with E-state index in [0.29, 0.717) is 0 Å². The maximum atomic E-state index is 10.9.